The number of aryl methyl sites for hydroxylation is 6. The van der Waals surface area contributed by atoms with Crippen LogP contribution in [0.5, 0.6) is 0 Å². The van der Waals surface area contributed by atoms with Crippen LogP contribution < -0.4 is 22.1 Å². The Morgan fingerprint density at radius 1 is 0.657 bits per heavy atom. The number of allylic oxidation sites excluding steroid dienone is 1. The van der Waals surface area contributed by atoms with Crippen molar-refractivity contribution in [1.82, 2.24) is 65.2 Å². The van der Waals surface area contributed by atoms with Gasteiger partial charge in [-0.15, -0.1) is 26.8 Å². The fourth-order valence-corrected chi connectivity index (χ4v) is 14.1. The van der Waals surface area contributed by atoms with Gasteiger partial charge in [0.25, 0.3) is 23.6 Å². The number of hydrogen-bond donors (Lipinski definition) is 4. The molecule has 3 aliphatic rings. The molecule has 108 heavy (non-hydrogen) atoms. The minimum absolute atomic E-state index is 0. The molecule has 13 aromatic rings. The zero-order valence-electron chi connectivity index (χ0n) is 61.2. The number of pyridine rings is 1. The lowest BCUT2D eigenvalue weighted by atomic mass is 9.83. The Balaban J connectivity index is 0.000000134. The minimum atomic E-state index is -0.286. The van der Waals surface area contributed by atoms with Crippen molar-refractivity contribution in [2.75, 3.05) is 37.6 Å². The Morgan fingerprint density at radius 2 is 1.31 bits per heavy atom. The predicted octanol–water partition coefficient (Wildman–Crippen LogP) is 15.8. The maximum absolute atomic E-state index is 14.1. The summed E-state index contributed by atoms with van der Waals surface area (Å²) in [5.41, 5.74) is 34.5. The number of carbonyl (C=O) groups is 3. The molecule has 6 N–H and O–H groups in total. The summed E-state index contributed by atoms with van der Waals surface area (Å²) in [4.78, 5) is 58.2. The number of aromatic nitrogens is 10. The Kier molecular flexibility index (Phi) is 22.9. The summed E-state index contributed by atoms with van der Waals surface area (Å²) in [6.45, 7) is 17.4. The van der Waals surface area contributed by atoms with Gasteiger partial charge in [0.1, 0.15) is 23.2 Å². The van der Waals surface area contributed by atoms with E-state index in [9.17, 15) is 18.8 Å². The molecule has 8 heterocycles. The van der Waals surface area contributed by atoms with Crippen LogP contribution in [0.4, 0.5) is 15.8 Å². The van der Waals surface area contributed by atoms with Gasteiger partial charge in [0.15, 0.2) is 22.9 Å². The fourth-order valence-electron chi connectivity index (χ4n) is 14.1. The molecule has 2 aliphatic heterocycles. The molecule has 6 aromatic heterocycles. The van der Waals surface area contributed by atoms with E-state index in [1.54, 1.807) is 18.6 Å². The normalized spacial score (nSPS) is 13.3. The van der Waals surface area contributed by atoms with Gasteiger partial charge in [-0.3, -0.25) is 28.9 Å². The SMILES string of the molecule is C.C#Cc1ccc2c(c1)C(c1ccccn1)=NCc1c(-c3nc(CC)no3)ncn1-2.CCCNC(=O)c1nnc2c(-c3c(C)cccc3C)cccc2c1N.CCCNC(=O)c1nnc2c(-c3cc(C)ccc3C)cccc2c1N.Cn1c2c(c3cc(F)ccc31)C(C(=O)N1CCCC1)=CC(c1ccccc1)C2. The van der Waals surface area contributed by atoms with Crippen molar-refractivity contribution in [2.24, 2.45) is 12.0 Å². The van der Waals surface area contributed by atoms with E-state index in [2.05, 4.69) is 138 Å². The molecule has 21 heteroatoms. The van der Waals surface area contributed by atoms with Gasteiger partial charge in [-0.25, -0.2) is 9.37 Å². The van der Waals surface area contributed by atoms with Gasteiger partial charge in [-0.2, -0.15) is 4.98 Å². The summed E-state index contributed by atoms with van der Waals surface area (Å²) in [7, 11) is 2.02. The van der Waals surface area contributed by atoms with Crippen molar-refractivity contribution in [3.63, 3.8) is 0 Å². The van der Waals surface area contributed by atoms with E-state index in [0.29, 0.717) is 65.9 Å². The number of carbonyl (C=O) groups excluding carboxylic acids is 3. The molecule has 1 aliphatic carbocycles. The summed E-state index contributed by atoms with van der Waals surface area (Å²) in [5, 5.41) is 28.8. The van der Waals surface area contributed by atoms with E-state index in [1.165, 1.54) is 17.2 Å². The molecule has 16 rings (SSSR count). The molecule has 1 fully saturated rings. The van der Waals surface area contributed by atoms with E-state index in [-0.39, 0.29) is 48.3 Å². The summed E-state index contributed by atoms with van der Waals surface area (Å²) in [5.74, 6) is 3.13. The fraction of sp³-hybridized carbons (Fsp3) is 0.241. The number of likely N-dealkylation sites (tertiary alicyclic amines) is 1. The number of amides is 3. The third-order valence-electron chi connectivity index (χ3n) is 19.6. The average Bonchev–Trinajstić information content (AvgIpc) is 1.53. The molecule has 1 unspecified atom stereocenters. The summed E-state index contributed by atoms with van der Waals surface area (Å²) < 4.78 is 23.6. The van der Waals surface area contributed by atoms with Crippen LogP contribution in [0.1, 0.15) is 148 Å². The van der Waals surface area contributed by atoms with E-state index >= 15 is 0 Å². The van der Waals surface area contributed by atoms with E-state index in [1.807, 2.05) is 140 Å². The van der Waals surface area contributed by atoms with Gasteiger partial charge in [-0.1, -0.05) is 160 Å². The van der Waals surface area contributed by atoms with E-state index in [0.717, 1.165) is 157 Å². The Labute approximate surface area is 627 Å². The second-order valence-electron chi connectivity index (χ2n) is 26.8. The Morgan fingerprint density at radius 3 is 1.95 bits per heavy atom. The summed E-state index contributed by atoms with van der Waals surface area (Å²) in [6, 6.07) is 51.0. The summed E-state index contributed by atoms with van der Waals surface area (Å²) in [6.07, 6.45) is 16.6. The highest BCUT2D eigenvalue weighted by molar-refractivity contribution is 6.24. The lowest BCUT2D eigenvalue weighted by molar-refractivity contribution is -0.124. The molecular formula is C87H87FN16O4. The van der Waals surface area contributed by atoms with Crippen molar-refractivity contribution in [3.05, 3.63) is 261 Å². The van der Waals surface area contributed by atoms with Crippen LogP contribution in [0.3, 0.4) is 0 Å². The second-order valence-corrected chi connectivity index (χ2v) is 26.8. The molecule has 20 nitrogen and oxygen atoms in total. The van der Waals surface area contributed by atoms with Gasteiger partial charge < -0.3 is 36.1 Å². The first-order valence-corrected chi connectivity index (χ1v) is 36.1. The zero-order valence-corrected chi connectivity index (χ0v) is 61.2. The first-order chi connectivity index (χ1) is 52.0. The maximum atomic E-state index is 14.1. The van der Waals surface area contributed by atoms with Gasteiger partial charge in [-0.05, 0) is 142 Å². The number of imidazole rings is 1. The van der Waals surface area contributed by atoms with Crippen LogP contribution >= 0.6 is 0 Å². The number of aliphatic imine (C=N–C) groups is 1. The van der Waals surface area contributed by atoms with Gasteiger partial charge >= 0.3 is 0 Å². The van der Waals surface area contributed by atoms with Crippen LogP contribution in [-0.4, -0.2) is 104 Å². The van der Waals surface area contributed by atoms with E-state index < -0.39 is 0 Å². The van der Waals surface area contributed by atoms with Crippen molar-refractivity contribution in [1.29, 1.82) is 0 Å². The number of benzene rings is 7. The van der Waals surface area contributed by atoms with Crippen molar-refractivity contribution in [2.45, 2.75) is 107 Å². The highest BCUT2D eigenvalue weighted by Gasteiger charge is 2.34. The molecule has 3 amide bonds. The van der Waals surface area contributed by atoms with Crippen molar-refractivity contribution < 1.29 is 23.3 Å². The first kappa shape index (κ1) is 74.9. The van der Waals surface area contributed by atoms with Gasteiger partial charge in [0.05, 0.1) is 40.7 Å². The largest absolute Gasteiger partial charge is 0.396 e. The minimum Gasteiger partial charge on any atom is -0.396 e. The third kappa shape index (κ3) is 15.2. The highest BCUT2D eigenvalue weighted by Crippen LogP contribution is 2.43. The molecule has 0 radical (unpaired) electrons. The lowest BCUT2D eigenvalue weighted by Crippen LogP contribution is -2.30. The van der Waals surface area contributed by atoms with Crippen LogP contribution in [-0.2, 0) is 31.2 Å². The second kappa shape index (κ2) is 33.1. The molecule has 546 valence electrons. The number of fused-ring (bicyclic) bond motifs is 8. The number of halogens is 1. The quantitative estimate of drug-likeness (QED) is 0.0782. The molecule has 1 atom stereocenters. The van der Waals surface area contributed by atoms with Crippen molar-refractivity contribution >= 4 is 73.1 Å². The molecule has 1 saturated heterocycles. The maximum Gasteiger partial charge on any atom is 0.278 e. The number of anilines is 2. The number of hydrogen-bond acceptors (Lipinski definition) is 15. The summed E-state index contributed by atoms with van der Waals surface area (Å²) >= 11 is 0. The van der Waals surface area contributed by atoms with Crippen LogP contribution in [0.15, 0.2) is 186 Å². The number of terminal acetylenes is 1. The number of nitrogen functional groups attached to an aromatic ring is 2. The molecular weight excluding hydrogens is 1350 g/mol. The lowest BCUT2D eigenvalue weighted by Gasteiger charge is -2.26. The predicted molar refractivity (Wildman–Crippen MR) is 427 cm³/mol. The molecule has 0 bridgehead atoms. The first-order valence-electron chi connectivity index (χ1n) is 36.1. The number of rotatable bonds is 13. The van der Waals surface area contributed by atoms with Crippen LogP contribution in [0.25, 0.3) is 77.8 Å². The Hall–Kier alpha value is -12.8. The standard InChI is InChI=1S/C24H23FN2O.C22H16N6O.2C20H22N4O.CH4/c1-26-21-10-9-18(25)15-19(21)23-20(24(28)27-11-5-6-12-27)13-17(14-22(23)26)16-7-3-2-4-8-16;1-3-14-8-9-17-15(11-14)20(16-7-5-6-10-23-16)24-12-18-21(25-13-28(17)18)22-26-19(4-2)27-29-22;1-4-11-22-20(25)19-17(21)15-10-6-9-14(18(15)23-24-19)16-12(2)7-5-8-13(16)3;1-4-10-22-20(25)19-17(21)15-7-5-6-14(18(15)23-24-19)16-11-12(2)8-9-13(16)3;/h2-4,7-10,13,15,17H,5-6,11-12,14H2,1H3;1,5-11,13H,4,12H2,2H3;5-10H,4,11H2,1-3H3,(H2,21,23)(H,22,25);5-9,11H,4,10H2,1-3H3,(H2,21,23)(H,22,25);1H4. The average molecular weight is 1440 g/mol. The topological polar surface area (TPSA) is 269 Å². The van der Waals surface area contributed by atoms with Crippen LogP contribution in [0, 0.1) is 45.9 Å². The van der Waals surface area contributed by atoms with Crippen molar-refractivity contribution in [3.8, 4) is 51.9 Å². The zero-order chi connectivity index (χ0) is 75.0. The smallest absolute Gasteiger partial charge is 0.278 e. The van der Waals surface area contributed by atoms with E-state index in [4.69, 9.17) is 27.4 Å². The Bertz CT molecular complexity index is 5630. The number of nitrogens with one attached hydrogen (secondary N) is 2. The molecule has 0 spiro atoms. The monoisotopic (exact) mass is 1440 g/mol. The van der Waals surface area contributed by atoms with Crippen LogP contribution in [0.2, 0.25) is 0 Å². The van der Waals surface area contributed by atoms with Gasteiger partial charge in [0, 0.05) is 113 Å². The highest BCUT2D eigenvalue weighted by atomic mass is 19.1. The molecule has 7 aromatic carbocycles. The van der Waals surface area contributed by atoms with Gasteiger partial charge in [0.2, 0.25) is 0 Å². The third-order valence-corrected chi connectivity index (χ3v) is 19.6. The number of nitrogens with two attached hydrogens (primary N) is 2. The number of nitrogens with zero attached hydrogens (tertiary/aromatic N) is 12. The molecule has 0 saturated carbocycles.